The van der Waals surface area contributed by atoms with Gasteiger partial charge in [0.05, 0.1) is 13.7 Å². The fourth-order valence-corrected chi connectivity index (χ4v) is 5.16. The predicted molar refractivity (Wildman–Crippen MR) is 132 cm³/mol. The third kappa shape index (κ3) is 5.45. The molecule has 1 heterocycles. The van der Waals surface area contributed by atoms with Crippen molar-refractivity contribution in [2.24, 2.45) is 0 Å². The largest absolute Gasteiger partial charge is 0.493 e. The van der Waals surface area contributed by atoms with Gasteiger partial charge in [0.25, 0.3) is 0 Å². The van der Waals surface area contributed by atoms with E-state index in [1.54, 1.807) is 0 Å². The predicted octanol–water partition coefficient (Wildman–Crippen LogP) is 6.19. The Morgan fingerprint density at radius 3 is 2.64 bits per heavy atom. The molecule has 1 N–H and O–H groups in total. The Morgan fingerprint density at radius 1 is 1.06 bits per heavy atom. The summed E-state index contributed by atoms with van der Waals surface area (Å²) in [7, 11) is 1.37. The van der Waals surface area contributed by atoms with Crippen LogP contribution < -0.4 is 10.1 Å². The fourth-order valence-electron chi connectivity index (χ4n) is 4.19. The molecule has 0 radical (unpaired) electrons. The maximum atomic E-state index is 12.6. The number of hydrogen-bond acceptors (Lipinski definition) is 5. The number of fused-ring (bicyclic) bond motifs is 1. The van der Waals surface area contributed by atoms with E-state index in [2.05, 4.69) is 23.5 Å². The minimum atomic E-state index is -0.442. The van der Waals surface area contributed by atoms with Crippen LogP contribution in [0.5, 0.6) is 5.75 Å². The van der Waals surface area contributed by atoms with Gasteiger partial charge in [0, 0.05) is 17.4 Å². The van der Waals surface area contributed by atoms with Crippen LogP contribution in [0.2, 0.25) is 0 Å². The van der Waals surface area contributed by atoms with E-state index in [1.807, 2.05) is 36.6 Å². The highest BCUT2D eigenvalue weighted by atomic mass is 32.1. The van der Waals surface area contributed by atoms with E-state index in [4.69, 9.17) is 9.47 Å². The highest BCUT2D eigenvalue weighted by Gasteiger charge is 2.23. The quantitative estimate of drug-likeness (QED) is 0.320. The summed E-state index contributed by atoms with van der Waals surface area (Å²) in [4.78, 5) is 25.2. The molecule has 0 bridgehead atoms. The molecule has 0 fully saturated rings. The van der Waals surface area contributed by atoms with E-state index in [0.29, 0.717) is 30.0 Å². The topological polar surface area (TPSA) is 64.6 Å². The second kappa shape index (κ2) is 10.7. The zero-order valence-corrected chi connectivity index (χ0v) is 19.9. The first-order chi connectivity index (χ1) is 16.1. The number of carbonyl (C=O) groups is 2. The van der Waals surface area contributed by atoms with Crippen molar-refractivity contribution in [1.82, 2.24) is 0 Å². The van der Waals surface area contributed by atoms with E-state index in [0.717, 1.165) is 35.3 Å². The Hall–Kier alpha value is -3.12. The lowest BCUT2D eigenvalue weighted by molar-refractivity contribution is -0.116. The molecule has 1 amide bonds. The minimum absolute atomic E-state index is 0.146. The molecule has 33 heavy (non-hydrogen) atoms. The van der Waals surface area contributed by atoms with Crippen molar-refractivity contribution < 1.29 is 19.1 Å². The molecule has 1 aliphatic carbocycles. The summed E-state index contributed by atoms with van der Waals surface area (Å²) < 4.78 is 10.8. The van der Waals surface area contributed by atoms with Crippen molar-refractivity contribution in [2.45, 2.75) is 45.4 Å². The van der Waals surface area contributed by atoms with Gasteiger partial charge in [-0.05, 0) is 67.3 Å². The van der Waals surface area contributed by atoms with Gasteiger partial charge in [-0.1, -0.05) is 36.4 Å². The summed E-state index contributed by atoms with van der Waals surface area (Å²) in [6, 6.07) is 14.2. The molecule has 172 valence electrons. The van der Waals surface area contributed by atoms with Crippen LogP contribution in [0.25, 0.3) is 11.1 Å². The van der Waals surface area contributed by atoms with Crippen molar-refractivity contribution in [2.75, 3.05) is 19.0 Å². The highest BCUT2D eigenvalue weighted by molar-refractivity contribution is 7.15. The van der Waals surface area contributed by atoms with Gasteiger partial charge in [-0.2, -0.15) is 0 Å². The number of benzene rings is 2. The van der Waals surface area contributed by atoms with E-state index >= 15 is 0 Å². The summed E-state index contributed by atoms with van der Waals surface area (Å²) >= 11 is 1.35. The zero-order chi connectivity index (χ0) is 23.2. The number of nitrogens with one attached hydrogen (secondary N) is 1. The third-order valence-electron chi connectivity index (χ3n) is 5.99. The smallest absolute Gasteiger partial charge is 0.341 e. The van der Waals surface area contributed by atoms with Gasteiger partial charge in [0.2, 0.25) is 5.91 Å². The van der Waals surface area contributed by atoms with E-state index in [1.165, 1.54) is 42.4 Å². The molecule has 0 atom stereocenters. The molecule has 1 aromatic heterocycles. The molecule has 0 saturated carbocycles. The first-order valence-corrected chi connectivity index (χ1v) is 12.2. The minimum Gasteiger partial charge on any atom is -0.493 e. The number of esters is 1. The number of thiophene rings is 1. The number of aryl methyl sites for hydroxylation is 3. The average molecular weight is 464 g/mol. The number of rotatable bonds is 8. The van der Waals surface area contributed by atoms with Crippen LogP contribution in [0.1, 0.15) is 52.7 Å². The molecule has 0 spiro atoms. The first-order valence-electron chi connectivity index (χ1n) is 11.4. The third-order valence-corrected chi connectivity index (χ3v) is 6.89. The van der Waals surface area contributed by atoms with Gasteiger partial charge in [-0.15, -0.1) is 11.3 Å². The number of ether oxygens (including phenoxy) is 2. The zero-order valence-electron chi connectivity index (χ0n) is 19.1. The summed E-state index contributed by atoms with van der Waals surface area (Å²) in [5, 5.41) is 5.36. The van der Waals surface area contributed by atoms with Crippen LogP contribution in [0.3, 0.4) is 0 Å². The van der Waals surface area contributed by atoms with E-state index in [-0.39, 0.29) is 5.91 Å². The van der Waals surface area contributed by atoms with Crippen LogP contribution in [-0.2, 0) is 22.4 Å². The van der Waals surface area contributed by atoms with Crippen molar-refractivity contribution in [3.63, 3.8) is 0 Å². The van der Waals surface area contributed by atoms with Crippen molar-refractivity contribution in [1.29, 1.82) is 0 Å². The molecule has 3 aromatic rings. The molecular weight excluding hydrogens is 434 g/mol. The molecule has 4 rings (SSSR count). The Labute approximate surface area is 198 Å². The fraction of sp³-hybridized carbons (Fsp3) is 0.333. The Morgan fingerprint density at radius 2 is 1.85 bits per heavy atom. The van der Waals surface area contributed by atoms with Crippen molar-refractivity contribution in [3.8, 4) is 16.9 Å². The normalized spacial score (nSPS) is 12.7. The van der Waals surface area contributed by atoms with Crippen LogP contribution in [0.4, 0.5) is 5.00 Å². The van der Waals surface area contributed by atoms with E-state index < -0.39 is 5.97 Å². The standard InChI is InChI=1S/C27H29NO4S/c1-18-8-3-6-11-23(18)32-15-7-12-24(29)28-26-25(27(30)31-2)22(17-33-26)21-14-13-19-9-4-5-10-20(19)16-21/h3,6,8,11,13-14,16-17H,4-5,7,9-10,12,15H2,1-2H3,(H,28,29). The molecule has 0 aliphatic heterocycles. The molecule has 0 unspecified atom stereocenters. The summed E-state index contributed by atoms with van der Waals surface area (Å²) in [5.41, 5.74) is 6.01. The molecular formula is C27H29NO4S. The SMILES string of the molecule is COC(=O)c1c(-c2ccc3c(c2)CCCC3)csc1NC(=O)CCCOc1ccccc1C. The second-order valence-corrected chi connectivity index (χ2v) is 9.18. The van der Waals surface area contributed by atoms with Crippen LogP contribution >= 0.6 is 11.3 Å². The van der Waals surface area contributed by atoms with Crippen LogP contribution in [0, 0.1) is 6.92 Å². The maximum Gasteiger partial charge on any atom is 0.341 e. The monoisotopic (exact) mass is 463 g/mol. The number of carbonyl (C=O) groups excluding carboxylic acids is 2. The second-order valence-electron chi connectivity index (χ2n) is 8.30. The maximum absolute atomic E-state index is 12.6. The molecule has 1 aliphatic rings. The van der Waals surface area contributed by atoms with Crippen molar-refractivity contribution >= 4 is 28.2 Å². The number of methoxy groups -OCH3 is 1. The lowest BCUT2D eigenvalue weighted by Crippen LogP contribution is -2.15. The molecule has 5 nitrogen and oxygen atoms in total. The Balaban J connectivity index is 1.43. The number of amides is 1. The lowest BCUT2D eigenvalue weighted by atomic mass is 9.89. The first kappa shape index (κ1) is 23.1. The number of para-hydroxylation sites is 1. The van der Waals surface area contributed by atoms with Gasteiger partial charge >= 0.3 is 5.97 Å². The average Bonchev–Trinajstić information content (AvgIpc) is 3.25. The summed E-state index contributed by atoms with van der Waals surface area (Å²) in [6.07, 6.45) is 5.48. The van der Waals surface area contributed by atoms with Crippen LogP contribution in [-0.4, -0.2) is 25.6 Å². The highest BCUT2D eigenvalue weighted by Crippen LogP contribution is 2.37. The van der Waals surface area contributed by atoms with E-state index in [9.17, 15) is 9.59 Å². The van der Waals surface area contributed by atoms with Crippen LogP contribution in [0.15, 0.2) is 47.8 Å². The van der Waals surface area contributed by atoms with Gasteiger partial charge < -0.3 is 14.8 Å². The summed E-state index contributed by atoms with van der Waals surface area (Å²) in [6.45, 7) is 2.44. The number of hydrogen-bond donors (Lipinski definition) is 1. The van der Waals surface area contributed by atoms with Crippen molar-refractivity contribution in [3.05, 3.63) is 70.1 Å². The Bertz CT molecular complexity index is 1150. The summed E-state index contributed by atoms with van der Waals surface area (Å²) in [5.74, 6) is 0.244. The lowest BCUT2D eigenvalue weighted by Gasteiger charge is -2.16. The molecule has 6 heteroatoms. The van der Waals surface area contributed by atoms with Gasteiger partial charge in [-0.25, -0.2) is 4.79 Å². The van der Waals surface area contributed by atoms with Gasteiger partial charge in [0.1, 0.15) is 16.3 Å². The molecule has 2 aromatic carbocycles. The van der Waals surface area contributed by atoms with Gasteiger partial charge in [-0.3, -0.25) is 4.79 Å². The molecule has 0 saturated heterocycles. The number of anilines is 1. The Kier molecular flexibility index (Phi) is 7.45. The van der Waals surface area contributed by atoms with Gasteiger partial charge in [0.15, 0.2) is 0 Å².